The monoisotopic (exact) mass is 265 g/mol. The minimum absolute atomic E-state index is 0.384. The maximum atomic E-state index is 4.44. The third-order valence-electron chi connectivity index (χ3n) is 3.86. The Morgan fingerprint density at radius 2 is 2.26 bits per heavy atom. The first-order valence-corrected chi connectivity index (χ1v) is 7.55. The summed E-state index contributed by atoms with van der Waals surface area (Å²) in [6.07, 6.45) is 5.63. The molecule has 0 radical (unpaired) electrons. The molecule has 108 valence electrons. The molecule has 0 bridgehead atoms. The highest BCUT2D eigenvalue weighted by Gasteiger charge is 2.23. The Morgan fingerprint density at radius 3 is 3.00 bits per heavy atom. The number of aromatic nitrogens is 3. The molecule has 0 aliphatic carbocycles. The lowest BCUT2D eigenvalue weighted by Crippen LogP contribution is -2.45. The van der Waals surface area contributed by atoms with Crippen molar-refractivity contribution >= 4 is 0 Å². The largest absolute Gasteiger partial charge is 0.315 e. The molecule has 0 amide bonds. The molecule has 5 heteroatoms. The molecule has 0 spiro atoms. The van der Waals surface area contributed by atoms with Crippen molar-refractivity contribution in [1.82, 2.24) is 25.0 Å². The molecule has 1 N–H and O–H groups in total. The predicted molar refractivity (Wildman–Crippen MR) is 77.0 cm³/mol. The van der Waals surface area contributed by atoms with Gasteiger partial charge in [0.1, 0.15) is 12.2 Å². The number of piperidine rings is 1. The first-order valence-electron chi connectivity index (χ1n) is 7.55. The Labute approximate surface area is 116 Å². The van der Waals surface area contributed by atoms with E-state index in [1.54, 1.807) is 6.33 Å². The highest BCUT2D eigenvalue weighted by atomic mass is 15.4. The third-order valence-corrected chi connectivity index (χ3v) is 3.86. The first kappa shape index (κ1) is 14.5. The molecule has 1 atom stereocenters. The van der Waals surface area contributed by atoms with E-state index in [-0.39, 0.29) is 0 Å². The van der Waals surface area contributed by atoms with Crippen LogP contribution in [0.25, 0.3) is 0 Å². The van der Waals surface area contributed by atoms with Crippen LogP contribution in [-0.4, -0.2) is 45.3 Å². The number of rotatable bonds is 6. The van der Waals surface area contributed by atoms with Gasteiger partial charge in [0.2, 0.25) is 0 Å². The molecular formula is C14H27N5. The topological polar surface area (TPSA) is 46.0 Å². The van der Waals surface area contributed by atoms with E-state index in [9.17, 15) is 0 Å². The van der Waals surface area contributed by atoms with E-state index >= 15 is 0 Å². The van der Waals surface area contributed by atoms with Crippen LogP contribution in [0, 0.1) is 0 Å². The molecule has 2 heterocycles. The summed E-state index contributed by atoms with van der Waals surface area (Å²) in [5.41, 5.74) is 0. The van der Waals surface area contributed by atoms with Crippen molar-refractivity contribution in [2.75, 3.05) is 19.6 Å². The fraction of sp³-hybridized carbons (Fsp3) is 0.857. The number of hydrogen-bond donors (Lipinski definition) is 1. The Morgan fingerprint density at radius 1 is 1.42 bits per heavy atom. The van der Waals surface area contributed by atoms with Crippen molar-refractivity contribution in [2.45, 2.75) is 58.7 Å². The molecule has 1 fully saturated rings. The van der Waals surface area contributed by atoms with Gasteiger partial charge in [0.05, 0.1) is 6.54 Å². The lowest BCUT2D eigenvalue weighted by molar-refractivity contribution is 0.132. The van der Waals surface area contributed by atoms with Gasteiger partial charge in [-0.1, -0.05) is 13.3 Å². The lowest BCUT2D eigenvalue weighted by atomic mass is 10.0. The van der Waals surface area contributed by atoms with Gasteiger partial charge in [-0.25, -0.2) is 9.67 Å². The number of likely N-dealkylation sites (N-methyl/N-ethyl adjacent to an activating group) is 1. The van der Waals surface area contributed by atoms with Crippen molar-refractivity contribution in [3.05, 3.63) is 12.2 Å². The molecule has 19 heavy (non-hydrogen) atoms. The molecule has 5 nitrogen and oxygen atoms in total. The number of hydrogen-bond acceptors (Lipinski definition) is 4. The second-order valence-corrected chi connectivity index (χ2v) is 5.64. The van der Waals surface area contributed by atoms with Crippen molar-refractivity contribution < 1.29 is 0 Å². The number of nitrogens with zero attached hydrogens (tertiary/aromatic N) is 4. The van der Waals surface area contributed by atoms with E-state index in [0.29, 0.717) is 12.1 Å². The Hall–Kier alpha value is -0.940. The molecule has 1 unspecified atom stereocenters. The van der Waals surface area contributed by atoms with Crippen LogP contribution in [0.5, 0.6) is 0 Å². The summed E-state index contributed by atoms with van der Waals surface area (Å²) in [6, 6.07) is 1.03. The van der Waals surface area contributed by atoms with Crippen molar-refractivity contribution in [3.8, 4) is 0 Å². The van der Waals surface area contributed by atoms with Crippen LogP contribution in [0.2, 0.25) is 0 Å². The number of nitrogens with one attached hydrogen (secondary N) is 1. The molecule has 0 saturated carbocycles. The Bertz CT molecular complexity index is 374. The normalized spacial score (nSPS) is 21.2. The van der Waals surface area contributed by atoms with Gasteiger partial charge in [0.25, 0.3) is 0 Å². The van der Waals surface area contributed by atoms with Gasteiger partial charge in [0.15, 0.2) is 0 Å². The summed E-state index contributed by atoms with van der Waals surface area (Å²) < 4.78 is 2.04. The van der Waals surface area contributed by atoms with Gasteiger partial charge in [-0.2, -0.15) is 5.10 Å². The van der Waals surface area contributed by atoms with Crippen LogP contribution in [0.4, 0.5) is 0 Å². The average Bonchev–Trinajstić information content (AvgIpc) is 2.86. The standard InChI is InChI=1S/C14H27N5/c1-4-15-9-13-7-5-6-8-18(13)10-14-16-11-17-19(14)12(2)3/h11-13,15H,4-10H2,1-3H3. The first-order chi connectivity index (χ1) is 9.22. The summed E-state index contributed by atoms with van der Waals surface area (Å²) in [7, 11) is 0. The van der Waals surface area contributed by atoms with Crippen LogP contribution in [0.3, 0.4) is 0 Å². The van der Waals surface area contributed by atoms with E-state index in [1.807, 2.05) is 4.68 Å². The predicted octanol–water partition coefficient (Wildman–Crippen LogP) is 1.82. The van der Waals surface area contributed by atoms with Gasteiger partial charge in [-0.05, 0) is 39.8 Å². The molecule has 0 aromatic carbocycles. The second kappa shape index (κ2) is 7.01. The summed E-state index contributed by atoms with van der Waals surface area (Å²) in [4.78, 5) is 7.00. The highest BCUT2D eigenvalue weighted by Crippen LogP contribution is 2.19. The van der Waals surface area contributed by atoms with Gasteiger partial charge < -0.3 is 5.32 Å². The summed E-state index contributed by atoms with van der Waals surface area (Å²) in [5.74, 6) is 1.10. The van der Waals surface area contributed by atoms with Crippen molar-refractivity contribution in [3.63, 3.8) is 0 Å². The van der Waals surface area contributed by atoms with Crippen LogP contribution in [0.1, 0.15) is 51.9 Å². The van der Waals surface area contributed by atoms with E-state index in [4.69, 9.17) is 0 Å². The highest BCUT2D eigenvalue weighted by molar-refractivity contribution is 4.90. The van der Waals surface area contributed by atoms with E-state index in [0.717, 1.165) is 25.5 Å². The van der Waals surface area contributed by atoms with E-state index < -0.39 is 0 Å². The minimum Gasteiger partial charge on any atom is -0.315 e. The third kappa shape index (κ3) is 3.76. The summed E-state index contributed by atoms with van der Waals surface area (Å²) in [5, 5.41) is 7.81. The van der Waals surface area contributed by atoms with Crippen molar-refractivity contribution in [1.29, 1.82) is 0 Å². The summed E-state index contributed by atoms with van der Waals surface area (Å²) >= 11 is 0. The maximum absolute atomic E-state index is 4.44. The Kier molecular flexibility index (Phi) is 5.34. The van der Waals surface area contributed by atoms with Crippen LogP contribution >= 0.6 is 0 Å². The zero-order valence-electron chi connectivity index (χ0n) is 12.5. The second-order valence-electron chi connectivity index (χ2n) is 5.64. The minimum atomic E-state index is 0.384. The zero-order valence-corrected chi connectivity index (χ0v) is 12.5. The lowest BCUT2D eigenvalue weighted by Gasteiger charge is -2.35. The molecule has 1 aliphatic heterocycles. The van der Waals surface area contributed by atoms with Crippen molar-refractivity contribution in [2.24, 2.45) is 0 Å². The van der Waals surface area contributed by atoms with Gasteiger partial charge >= 0.3 is 0 Å². The summed E-state index contributed by atoms with van der Waals surface area (Å²) in [6.45, 7) is 10.7. The van der Waals surface area contributed by atoms with Gasteiger partial charge in [0, 0.05) is 18.6 Å². The van der Waals surface area contributed by atoms with Crippen LogP contribution in [0.15, 0.2) is 6.33 Å². The van der Waals surface area contributed by atoms with Crippen LogP contribution < -0.4 is 5.32 Å². The maximum Gasteiger partial charge on any atom is 0.141 e. The van der Waals surface area contributed by atoms with E-state index in [2.05, 4.69) is 41.1 Å². The molecule has 2 rings (SSSR count). The average molecular weight is 265 g/mol. The number of likely N-dealkylation sites (tertiary alicyclic amines) is 1. The molecule has 1 saturated heterocycles. The molecule has 1 aromatic rings. The van der Waals surface area contributed by atoms with Gasteiger partial charge in [-0.15, -0.1) is 0 Å². The SMILES string of the molecule is CCNCC1CCCCN1Cc1ncnn1C(C)C. The molecule has 1 aliphatic rings. The van der Waals surface area contributed by atoms with Gasteiger partial charge in [-0.3, -0.25) is 4.90 Å². The quantitative estimate of drug-likeness (QED) is 0.852. The fourth-order valence-corrected chi connectivity index (χ4v) is 2.81. The molecular weight excluding hydrogens is 238 g/mol. The smallest absolute Gasteiger partial charge is 0.141 e. The molecule has 1 aromatic heterocycles. The Balaban J connectivity index is 2.00. The van der Waals surface area contributed by atoms with Crippen LogP contribution in [-0.2, 0) is 6.54 Å². The fourth-order valence-electron chi connectivity index (χ4n) is 2.81. The zero-order chi connectivity index (χ0) is 13.7. The van der Waals surface area contributed by atoms with E-state index in [1.165, 1.54) is 25.8 Å².